The third-order valence-electron chi connectivity index (χ3n) is 4.06. The molecule has 0 spiro atoms. The molecule has 25 heavy (non-hydrogen) atoms. The molecule has 0 aromatic rings. The van der Waals surface area contributed by atoms with Crippen molar-refractivity contribution >= 4 is 11.9 Å². The highest BCUT2D eigenvalue weighted by Gasteiger charge is 2.39. The number of esters is 2. The Morgan fingerprint density at radius 3 is 2.36 bits per heavy atom. The minimum atomic E-state index is -1.07. The van der Waals surface area contributed by atoms with Gasteiger partial charge < -0.3 is 18.9 Å². The van der Waals surface area contributed by atoms with Gasteiger partial charge in [-0.1, -0.05) is 12.5 Å². The van der Waals surface area contributed by atoms with Gasteiger partial charge in [-0.05, 0) is 52.4 Å². The van der Waals surface area contributed by atoms with Crippen LogP contribution < -0.4 is 0 Å². The Bertz CT molecular complexity index is 385. The molecule has 0 radical (unpaired) electrons. The van der Waals surface area contributed by atoms with Crippen LogP contribution in [0.3, 0.4) is 0 Å². The summed E-state index contributed by atoms with van der Waals surface area (Å²) in [7, 11) is 0. The van der Waals surface area contributed by atoms with Crippen LogP contribution in [0.2, 0.25) is 0 Å². The summed E-state index contributed by atoms with van der Waals surface area (Å²) in [6.45, 7) is 8.19. The maximum Gasteiger partial charge on any atom is 0.323 e. The Balaban J connectivity index is 2.84. The number of hydrogen-bond acceptors (Lipinski definition) is 6. The lowest BCUT2D eigenvalue weighted by molar-refractivity contribution is -0.209. The maximum atomic E-state index is 12.4. The molecule has 0 aromatic heterocycles. The van der Waals surface area contributed by atoms with Crippen LogP contribution in [0.15, 0.2) is 12.7 Å². The van der Waals surface area contributed by atoms with E-state index in [0.717, 1.165) is 38.5 Å². The Hall–Kier alpha value is -1.40. The highest BCUT2D eigenvalue weighted by atomic mass is 16.7. The van der Waals surface area contributed by atoms with E-state index in [1.54, 1.807) is 13.8 Å². The van der Waals surface area contributed by atoms with E-state index < -0.39 is 24.0 Å². The van der Waals surface area contributed by atoms with Gasteiger partial charge in [0.15, 0.2) is 12.2 Å². The third-order valence-corrected chi connectivity index (χ3v) is 4.06. The number of unbranched alkanes of at least 4 members (excludes halogenated alkanes) is 2. The molecule has 0 aliphatic carbocycles. The summed E-state index contributed by atoms with van der Waals surface area (Å²) >= 11 is 0. The third kappa shape index (κ3) is 8.01. The Morgan fingerprint density at radius 1 is 1.16 bits per heavy atom. The number of carbonyl (C=O) groups is 2. The lowest BCUT2D eigenvalue weighted by Crippen LogP contribution is -2.42. The average Bonchev–Trinajstić information content (AvgIpc) is 2.60. The zero-order chi connectivity index (χ0) is 18.5. The zero-order valence-electron chi connectivity index (χ0n) is 15.5. The fourth-order valence-electron chi connectivity index (χ4n) is 2.82. The molecule has 1 rings (SSSR count). The average molecular weight is 356 g/mol. The molecule has 0 N–H and O–H groups in total. The van der Waals surface area contributed by atoms with Crippen LogP contribution in [0.1, 0.15) is 58.8 Å². The molecule has 144 valence electrons. The highest BCUT2D eigenvalue weighted by Crippen LogP contribution is 2.24. The summed E-state index contributed by atoms with van der Waals surface area (Å²) in [5, 5.41) is 0. The lowest BCUT2D eigenvalue weighted by Gasteiger charge is -2.30. The van der Waals surface area contributed by atoms with Crippen molar-refractivity contribution in [1.29, 1.82) is 0 Å². The van der Waals surface area contributed by atoms with Crippen molar-refractivity contribution in [3.05, 3.63) is 12.7 Å². The Labute approximate surface area is 150 Å². The molecule has 2 unspecified atom stereocenters. The van der Waals surface area contributed by atoms with Crippen LogP contribution in [-0.2, 0) is 28.5 Å². The van der Waals surface area contributed by atoms with Crippen molar-refractivity contribution in [2.75, 3.05) is 19.8 Å². The fraction of sp³-hybridized carbons (Fsp3) is 0.789. The molecule has 1 aliphatic rings. The molecule has 1 saturated heterocycles. The van der Waals surface area contributed by atoms with Crippen molar-refractivity contribution in [3.63, 3.8) is 0 Å². The van der Waals surface area contributed by atoms with Gasteiger partial charge >= 0.3 is 11.9 Å². The highest BCUT2D eigenvalue weighted by molar-refractivity contribution is 5.95. The summed E-state index contributed by atoms with van der Waals surface area (Å²) < 4.78 is 21.8. The molecule has 1 aliphatic heterocycles. The van der Waals surface area contributed by atoms with Crippen LogP contribution in [0, 0.1) is 5.92 Å². The molecular formula is C19H32O6. The van der Waals surface area contributed by atoms with Gasteiger partial charge in [0.25, 0.3) is 0 Å². The van der Waals surface area contributed by atoms with Gasteiger partial charge in [-0.2, -0.15) is 0 Å². The standard InChI is InChI=1S/C19H32O6/c1-4-7-8-9-12-15(25-16-13-10-11-14-24-16)17(18(20)22-5-2)19(21)23-6-3/h4,15-17H,1,5-14H2,2-3H3. The predicted molar refractivity (Wildman–Crippen MR) is 93.9 cm³/mol. The van der Waals surface area contributed by atoms with Crippen LogP contribution in [-0.4, -0.2) is 44.2 Å². The van der Waals surface area contributed by atoms with Gasteiger partial charge in [-0.25, -0.2) is 0 Å². The Kier molecular flexibility index (Phi) is 11.2. The van der Waals surface area contributed by atoms with E-state index in [-0.39, 0.29) is 19.5 Å². The van der Waals surface area contributed by atoms with Crippen molar-refractivity contribution in [1.82, 2.24) is 0 Å². The van der Waals surface area contributed by atoms with E-state index in [1.165, 1.54) is 0 Å². The zero-order valence-corrected chi connectivity index (χ0v) is 15.5. The number of carbonyl (C=O) groups excluding carboxylic acids is 2. The van der Waals surface area contributed by atoms with Gasteiger partial charge in [0.1, 0.15) is 0 Å². The van der Waals surface area contributed by atoms with Gasteiger partial charge in [-0.3, -0.25) is 9.59 Å². The molecule has 1 fully saturated rings. The maximum absolute atomic E-state index is 12.4. The van der Waals surface area contributed by atoms with Crippen LogP contribution in [0.5, 0.6) is 0 Å². The second kappa shape index (κ2) is 12.9. The number of rotatable bonds is 12. The quantitative estimate of drug-likeness (QED) is 0.231. The molecule has 6 heteroatoms. The van der Waals surface area contributed by atoms with E-state index in [1.807, 2.05) is 6.08 Å². The molecule has 0 saturated carbocycles. The molecule has 0 bridgehead atoms. The second-order valence-electron chi connectivity index (χ2n) is 6.03. The molecule has 2 atom stereocenters. The molecule has 0 amide bonds. The summed E-state index contributed by atoms with van der Waals surface area (Å²) in [4.78, 5) is 24.7. The smallest absolute Gasteiger partial charge is 0.323 e. The van der Waals surface area contributed by atoms with Gasteiger partial charge in [0.2, 0.25) is 0 Å². The molecule has 6 nitrogen and oxygen atoms in total. The second-order valence-corrected chi connectivity index (χ2v) is 6.03. The predicted octanol–water partition coefficient (Wildman–Crippen LogP) is 3.39. The first-order chi connectivity index (χ1) is 12.1. The largest absolute Gasteiger partial charge is 0.465 e. The molecule has 0 aromatic carbocycles. The lowest BCUT2D eigenvalue weighted by atomic mass is 9.96. The van der Waals surface area contributed by atoms with Crippen LogP contribution in [0.4, 0.5) is 0 Å². The minimum absolute atomic E-state index is 0.206. The van der Waals surface area contributed by atoms with Crippen molar-refractivity contribution in [2.24, 2.45) is 5.92 Å². The summed E-state index contributed by atoms with van der Waals surface area (Å²) in [5.74, 6) is -2.26. The topological polar surface area (TPSA) is 71.1 Å². The summed E-state index contributed by atoms with van der Waals surface area (Å²) in [6, 6.07) is 0. The minimum Gasteiger partial charge on any atom is -0.465 e. The van der Waals surface area contributed by atoms with E-state index in [4.69, 9.17) is 18.9 Å². The summed E-state index contributed by atoms with van der Waals surface area (Å²) in [6.07, 6.45) is 6.84. The van der Waals surface area contributed by atoms with E-state index in [0.29, 0.717) is 13.0 Å². The van der Waals surface area contributed by atoms with Gasteiger partial charge in [-0.15, -0.1) is 6.58 Å². The van der Waals surface area contributed by atoms with E-state index in [2.05, 4.69) is 6.58 Å². The summed E-state index contributed by atoms with van der Waals surface area (Å²) in [5.41, 5.74) is 0. The van der Waals surface area contributed by atoms with Gasteiger partial charge in [0, 0.05) is 6.61 Å². The number of ether oxygens (including phenoxy) is 4. The SMILES string of the molecule is C=CCCCCC(OC1CCCCO1)C(C(=O)OCC)C(=O)OCC. The number of hydrogen-bond donors (Lipinski definition) is 0. The first-order valence-electron chi connectivity index (χ1n) is 9.35. The van der Waals surface area contributed by atoms with Crippen molar-refractivity contribution < 1.29 is 28.5 Å². The van der Waals surface area contributed by atoms with E-state index in [9.17, 15) is 9.59 Å². The molecule has 1 heterocycles. The fourth-order valence-corrected chi connectivity index (χ4v) is 2.82. The monoisotopic (exact) mass is 356 g/mol. The first kappa shape index (κ1) is 21.6. The Morgan fingerprint density at radius 2 is 1.84 bits per heavy atom. The van der Waals surface area contributed by atoms with Crippen LogP contribution in [0.25, 0.3) is 0 Å². The van der Waals surface area contributed by atoms with E-state index >= 15 is 0 Å². The molecular weight excluding hydrogens is 324 g/mol. The van der Waals surface area contributed by atoms with Gasteiger partial charge in [0.05, 0.1) is 19.3 Å². The first-order valence-corrected chi connectivity index (χ1v) is 9.35. The van der Waals surface area contributed by atoms with Crippen LogP contribution >= 0.6 is 0 Å². The van der Waals surface area contributed by atoms with Crippen molar-refractivity contribution in [2.45, 2.75) is 71.2 Å². The number of allylic oxidation sites excluding steroid dienone is 1. The normalized spacial score (nSPS) is 18.6. The van der Waals surface area contributed by atoms with Crippen molar-refractivity contribution in [3.8, 4) is 0 Å².